The SMILES string of the molecule is C[C@@H](O)[C@H]1C(=O)N2C(C(=O)O)=C(c3ccc(CC(=O)Nc4nccn4C)cc3)C[C@H]12. The minimum absolute atomic E-state index is 0.0258. The number of amides is 2. The highest BCUT2D eigenvalue weighted by atomic mass is 16.4. The van der Waals surface area contributed by atoms with Crippen molar-refractivity contribution in [1.82, 2.24) is 14.5 Å². The molecule has 2 amide bonds. The third kappa shape index (κ3) is 3.26. The Bertz CT molecular complexity index is 1050. The van der Waals surface area contributed by atoms with Gasteiger partial charge in [0.25, 0.3) is 0 Å². The molecule has 156 valence electrons. The molecule has 3 heterocycles. The number of aromatic nitrogens is 2. The van der Waals surface area contributed by atoms with Gasteiger partial charge >= 0.3 is 5.97 Å². The van der Waals surface area contributed by atoms with Crippen LogP contribution in [0.25, 0.3) is 5.57 Å². The Hall–Kier alpha value is -3.46. The number of imidazole rings is 1. The predicted octanol–water partition coefficient (Wildman–Crippen LogP) is 1.01. The number of fused-ring (bicyclic) bond motifs is 1. The lowest BCUT2D eigenvalue weighted by Crippen LogP contribution is -2.61. The number of rotatable bonds is 6. The number of carboxylic acid groups (broad SMARTS) is 1. The van der Waals surface area contributed by atoms with E-state index in [1.165, 1.54) is 4.90 Å². The highest BCUT2D eigenvalue weighted by Gasteiger charge is 2.56. The van der Waals surface area contributed by atoms with Crippen LogP contribution in [0.4, 0.5) is 5.95 Å². The molecule has 9 nitrogen and oxygen atoms in total. The molecule has 0 spiro atoms. The number of aliphatic hydroxyl groups excluding tert-OH is 1. The second-order valence-electron chi connectivity index (χ2n) is 7.66. The van der Waals surface area contributed by atoms with Crippen LogP contribution in [0.5, 0.6) is 0 Å². The molecule has 0 radical (unpaired) electrons. The second kappa shape index (κ2) is 7.42. The van der Waals surface area contributed by atoms with Crippen molar-refractivity contribution in [3.8, 4) is 0 Å². The number of aliphatic carboxylic acids is 1. The van der Waals surface area contributed by atoms with E-state index in [0.717, 1.165) is 5.56 Å². The number of hydrogen-bond acceptors (Lipinski definition) is 5. The summed E-state index contributed by atoms with van der Waals surface area (Å²) in [6.07, 6.45) is 3.02. The highest BCUT2D eigenvalue weighted by Crippen LogP contribution is 2.46. The summed E-state index contributed by atoms with van der Waals surface area (Å²) < 4.78 is 1.70. The molecule has 1 fully saturated rings. The van der Waals surface area contributed by atoms with Crippen LogP contribution in [0.1, 0.15) is 24.5 Å². The van der Waals surface area contributed by atoms with Crippen LogP contribution in [-0.2, 0) is 27.9 Å². The van der Waals surface area contributed by atoms with Crippen LogP contribution in [-0.4, -0.2) is 54.6 Å². The fourth-order valence-electron chi connectivity index (χ4n) is 4.19. The number of aryl methyl sites for hydroxylation is 1. The number of nitrogens with zero attached hydrogens (tertiary/aromatic N) is 3. The monoisotopic (exact) mass is 410 g/mol. The van der Waals surface area contributed by atoms with Crippen molar-refractivity contribution in [3.05, 3.63) is 53.5 Å². The van der Waals surface area contributed by atoms with Gasteiger partial charge in [-0.25, -0.2) is 9.78 Å². The Morgan fingerprint density at radius 1 is 1.30 bits per heavy atom. The summed E-state index contributed by atoms with van der Waals surface area (Å²) in [6.45, 7) is 1.54. The summed E-state index contributed by atoms with van der Waals surface area (Å²) in [4.78, 5) is 41.7. The standard InChI is InChI=1S/C21H22N4O5/c1-11(26)17-15-10-14(18(20(29)30)25(15)19(17)28)13-5-3-12(4-6-13)9-16(27)23-21-22-7-8-24(21)2/h3-8,11,15,17,26H,9-10H2,1-2H3,(H,29,30)(H,22,23,27)/t11-,15-,17-/m1/s1. The zero-order chi connectivity index (χ0) is 21.6. The first-order valence-corrected chi connectivity index (χ1v) is 9.62. The quantitative estimate of drug-likeness (QED) is 0.611. The number of benzene rings is 1. The fourth-order valence-corrected chi connectivity index (χ4v) is 4.19. The molecule has 3 atom stereocenters. The van der Waals surface area contributed by atoms with Crippen molar-refractivity contribution in [2.75, 3.05) is 5.32 Å². The average molecular weight is 410 g/mol. The Morgan fingerprint density at radius 2 is 2.00 bits per heavy atom. The molecule has 2 aliphatic rings. The summed E-state index contributed by atoms with van der Waals surface area (Å²) >= 11 is 0. The highest BCUT2D eigenvalue weighted by molar-refractivity contribution is 6.06. The van der Waals surface area contributed by atoms with Gasteiger partial charge in [-0.3, -0.25) is 14.9 Å². The second-order valence-corrected chi connectivity index (χ2v) is 7.66. The van der Waals surface area contributed by atoms with Crippen molar-refractivity contribution >= 4 is 29.3 Å². The molecule has 0 bridgehead atoms. The van der Waals surface area contributed by atoms with E-state index in [9.17, 15) is 24.6 Å². The minimum atomic E-state index is -1.16. The van der Waals surface area contributed by atoms with E-state index >= 15 is 0 Å². The van der Waals surface area contributed by atoms with E-state index in [1.807, 2.05) is 0 Å². The molecule has 30 heavy (non-hydrogen) atoms. The number of aliphatic hydroxyl groups is 1. The topological polar surface area (TPSA) is 125 Å². The smallest absolute Gasteiger partial charge is 0.352 e. The number of carbonyl (C=O) groups is 3. The number of nitrogens with one attached hydrogen (secondary N) is 1. The maximum Gasteiger partial charge on any atom is 0.352 e. The van der Waals surface area contributed by atoms with E-state index in [-0.39, 0.29) is 30.0 Å². The first-order chi connectivity index (χ1) is 14.3. The van der Waals surface area contributed by atoms with Crippen molar-refractivity contribution < 1.29 is 24.6 Å². The van der Waals surface area contributed by atoms with Gasteiger partial charge in [-0.05, 0) is 30.0 Å². The molecule has 2 aromatic rings. The van der Waals surface area contributed by atoms with Gasteiger partial charge in [0.15, 0.2) is 0 Å². The van der Waals surface area contributed by atoms with Gasteiger partial charge in [0, 0.05) is 19.4 Å². The van der Waals surface area contributed by atoms with Gasteiger partial charge in [-0.2, -0.15) is 0 Å². The van der Waals surface area contributed by atoms with Crippen LogP contribution in [0.15, 0.2) is 42.4 Å². The number of hydrogen-bond donors (Lipinski definition) is 3. The molecule has 0 unspecified atom stereocenters. The maximum atomic E-state index is 12.3. The van der Waals surface area contributed by atoms with E-state index in [4.69, 9.17) is 0 Å². The maximum absolute atomic E-state index is 12.3. The van der Waals surface area contributed by atoms with Crippen LogP contribution in [0.3, 0.4) is 0 Å². The zero-order valence-electron chi connectivity index (χ0n) is 16.6. The van der Waals surface area contributed by atoms with Crippen LogP contribution >= 0.6 is 0 Å². The summed E-state index contributed by atoms with van der Waals surface area (Å²) in [5.41, 5.74) is 1.99. The van der Waals surface area contributed by atoms with Crippen molar-refractivity contribution in [3.63, 3.8) is 0 Å². The van der Waals surface area contributed by atoms with Gasteiger partial charge in [0.05, 0.1) is 24.5 Å². The average Bonchev–Trinajstić information content (AvgIpc) is 3.23. The van der Waals surface area contributed by atoms with Crippen molar-refractivity contribution in [2.24, 2.45) is 13.0 Å². The van der Waals surface area contributed by atoms with Crippen LogP contribution < -0.4 is 5.32 Å². The number of carboxylic acids is 1. The van der Waals surface area contributed by atoms with Crippen molar-refractivity contribution in [1.29, 1.82) is 0 Å². The lowest BCUT2D eigenvalue weighted by atomic mass is 9.82. The molecule has 1 aromatic carbocycles. The van der Waals surface area contributed by atoms with Crippen molar-refractivity contribution in [2.45, 2.75) is 31.9 Å². The predicted molar refractivity (Wildman–Crippen MR) is 107 cm³/mol. The Kier molecular flexibility index (Phi) is 4.90. The molecule has 2 aliphatic heterocycles. The molecular formula is C21H22N4O5. The van der Waals surface area contributed by atoms with E-state index in [1.54, 1.807) is 55.2 Å². The van der Waals surface area contributed by atoms with E-state index in [2.05, 4.69) is 10.3 Å². The molecule has 1 saturated heterocycles. The van der Waals surface area contributed by atoms with Gasteiger partial charge in [0.1, 0.15) is 5.70 Å². The largest absolute Gasteiger partial charge is 0.477 e. The summed E-state index contributed by atoms with van der Waals surface area (Å²) in [5.74, 6) is -1.85. The summed E-state index contributed by atoms with van der Waals surface area (Å²) in [7, 11) is 1.78. The van der Waals surface area contributed by atoms with Crippen LogP contribution in [0.2, 0.25) is 0 Å². The van der Waals surface area contributed by atoms with E-state index < -0.39 is 18.0 Å². The van der Waals surface area contributed by atoms with Gasteiger partial charge in [-0.1, -0.05) is 24.3 Å². The lowest BCUT2D eigenvalue weighted by molar-refractivity contribution is -0.161. The van der Waals surface area contributed by atoms with Gasteiger partial charge in [-0.15, -0.1) is 0 Å². The molecule has 3 N–H and O–H groups in total. The summed E-state index contributed by atoms with van der Waals surface area (Å²) in [6, 6.07) is 6.72. The minimum Gasteiger partial charge on any atom is -0.477 e. The Morgan fingerprint density at radius 3 is 2.57 bits per heavy atom. The summed E-state index contributed by atoms with van der Waals surface area (Å²) in [5, 5.41) is 22.2. The molecule has 1 aromatic heterocycles. The Balaban J connectivity index is 1.51. The normalized spacial score (nSPS) is 21.3. The Labute approximate surface area is 172 Å². The molecule has 4 rings (SSSR count). The number of carbonyl (C=O) groups excluding carboxylic acids is 2. The lowest BCUT2D eigenvalue weighted by Gasteiger charge is -2.44. The van der Waals surface area contributed by atoms with Gasteiger partial charge in [0.2, 0.25) is 17.8 Å². The molecule has 0 saturated carbocycles. The van der Waals surface area contributed by atoms with E-state index in [0.29, 0.717) is 23.5 Å². The van der Waals surface area contributed by atoms with Gasteiger partial charge < -0.3 is 19.7 Å². The first-order valence-electron chi connectivity index (χ1n) is 9.62. The fraction of sp³-hybridized carbons (Fsp3) is 0.333. The zero-order valence-corrected chi connectivity index (χ0v) is 16.6. The molecule has 9 heteroatoms. The molecule has 0 aliphatic carbocycles. The third-order valence-electron chi connectivity index (χ3n) is 5.67. The first kappa shape index (κ1) is 19.8. The molecular weight excluding hydrogens is 388 g/mol. The third-order valence-corrected chi connectivity index (χ3v) is 5.67. The van der Waals surface area contributed by atoms with Crippen LogP contribution in [0, 0.1) is 5.92 Å². The number of anilines is 1. The number of β-lactam (4-membered cyclic amide) rings is 1.